The predicted molar refractivity (Wildman–Crippen MR) is 111 cm³/mol. The van der Waals surface area contributed by atoms with Crippen LogP contribution in [0.15, 0.2) is 4.76 Å². The van der Waals surface area contributed by atoms with E-state index in [0.717, 1.165) is 25.5 Å². The van der Waals surface area contributed by atoms with Gasteiger partial charge in [0.05, 0.1) is 17.8 Å². The lowest BCUT2D eigenvalue weighted by molar-refractivity contribution is -0.0742. The molecule has 0 spiro atoms. The van der Waals surface area contributed by atoms with Crippen LogP contribution in [-0.4, -0.2) is 78.5 Å². The van der Waals surface area contributed by atoms with Crippen molar-refractivity contribution in [3.63, 3.8) is 0 Å². The summed E-state index contributed by atoms with van der Waals surface area (Å²) in [7, 11) is 0.538. The van der Waals surface area contributed by atoms with Gasteiger partial charge < -0.3 is 14.5 Å². The second-order valence-corrected chi connectivity index (χ2v) is 12.1. The molecule has 2 heterocycles. The van der Waals surface area contributed by atoms with E-state index in [-0.39, 0.29) is 17.6 Å². The Labute approximate surface area is 165 Å². The van der Waals surface area contributed by atoms with Crippen LogP contribution in [0.2, 0.25) is 0 Å². The van der Waals surface area contributed by atoms with Crippen molar-refractivity contribution in [2.24, 2.45) is 10.2 Å². The molecule has 3 atom stereocenters. The third kappa shape index (κ3) is 6.45. The van der Waals surface area contributed by atoms with Crippen LogP contribution in [0.4, 0.5) is 0 Å². The van der Waals surface area contributed by atoms with Gasteiger partial charge in [0, 0.05) is 40.3 Å². The first kappa shape index (κ1) is 22.7. The van der Waals surface area contributed by atoms with Crippen molar-refractivity contribution in [2.45, 2.75) is 72.7 Å². The number of morpholine rings is 1. The van der Waals surface area contributed by atoms with Crippen molar-refractivity contribution in [3.8, 4) is 0 Å². The molecule has 0 aromatic heterocycles. The standard InChI is InChI=1S/C19H39N4O3P/c1-15-13-23(14-16(25-15)12-18(2,3)4)27(24,26-19(5,6)7)20-17-21(8)10-11-22(17)9/h15-16H,10-14H2,1-9H3/t15-,16+,27?/m0/s1. The topological polar surface area (TPSA) is 57.6 Å². The molecule has 0 aliphatic carbocycles. The van der Waals surface area contributed by atoms with Crippen LogP contribution in [-0.2, 0) is 13.8 Å². The summed E-state index contributed by atoms with van der Waals surface area (Å²) in [6.07, 6.45) is 0.909. The van der Waals surface area contributed by atoms with Crippen LogP contribution < -0.4 is 0 Å². The molecule has 0 radical (unpaired) electrons. The van der Waals surface area contributed by atoms with Crippen molar-refractivity contribution in [1.82, 2.24) is 14.5 Å². The molecular formula is C19H39N4O3P. The lowest BCUT2D eigenvalue weighted by Crippen LogP contribution is -2.47. The third-order valence-electron chi connectivity index (χ3n) is 4.57. The van der Waals surface area contributed by atoms with Gasteiger partial charge in [-0.1, -0.05) is 20.8 Å². The largest absolute Gasteiger partial charge is 0.393 e. The first-order valence-electron chi connectivity index (χ1n) is 9.93. The second-order valence-electron chi connectivity index (χ2n) is 10.1. The van der Waals surface area contributed by atoms with E-state index in [1.807, 2.05) is 56.3 Å². The van der Waals surface area contributed by atoms with Gasteiger partial charge >= 0.3 is 7.67 Å². The molecule has 2 aliphatic heterocycles. The number of ether oxygens (including phenoxy) is 1. The van der Waals surface area contributed by atoms with Crippen LogP contribution in [0.3, 0.4) is 0 Å². The fourth-order valence-corrected chi connectivity index (χ4v) is 5.93. The summed E-state index contributed by atoms with van der Waals surface area (Å²) in [5.74, 6) is 0.731. The maximum absolute atomic E-state index is 14.1. The van der Waals surface area contributed by atoms with Crippen molar-refractivity contribution in [2.75, 3.05) is 40.3 Å². The van der Waals surface area contributed by atoms with Gasteiger partial charge in [0.2, 0.25) is 5.96 Å². The van der Waals surface area contributed by atoms with Gasteiger partial charge in [-0.25, -0.2) is 9.24 Å². The SMILES string of the molecule is C[C@H]1CN(P(=O)(N=C2N(C)CCN2C)OC(C)(C)C)C[C@@H](CC(C)(C)C)O1. The highest BCUT2D eigenvalue weighted by molar-refractivity contribution is 7.55. The average Bonchev–Trinajstić information content (AvgIpc) is 2.74. The van der Waals surface area contributed by atoms with Crippen molar-refractivity contribution < 1.29 is 13.8 Å². The Balaban J connectivity index is 2.35. The number of rotatable bonds is 4. The highest BCUT2D eigenvalue weighted by Crippen LogP contribution is 2.57. The van der Waals surface area contributed by atoms with Crippen LogP contribution in [0, 0.1) is 5.41 Å². The number of likely N-dealkylation sites (N-methyl/N-ethyl adjacent to an activating group) is 2. The Bertz CT molecular complexity index is 585. The highest BCUT2D eigenvalue weighted by Gasteiger charge is 2.43. The van der Waals surface area contributed by atoms with Crippen molar-refractivity contribution in [1.29, 1.82) is 0 Å². The molecule has 158 valence electrons. The maximum atomic E-state index is 14.1. The van der Waals surface area contributed by atoms with Gasteiger partial charge in [-0.15, -0.1) is 0 Å². The van der Waals surface area contributed by atoms with Gasteiger partial charge in [0.15, 0.2) is 0 Å². The Morgan fingerprint density at radius 3 is 2.15 bits per heavy atom. The molecule has 2 rings (SSSR count). The van der Waals surface area contributed by atoms with Gasteiger partial charge in [-0.05, 0) is 39.5 Å². The van der Waals surface area contributed by atoms with Gasteiger partial charge in [0.25, 0.3) is 0 Å². The maximum Gasteiger partial charge on any atom is 0.393 e. The minimum absolute atomic E-state index is 0.0118. The van der Waals surface area contributed by atoms with Crippen LogP contribution >= 0.6 is 7.67 Å². The molecule has 8 heteroatoms. The van der Waals surface area contributed by atoms with E-state index in [9.17, 15) is 4.57 Å². The third-order valence-corrected chi connectivity index (χ3v) is 6.83. The van der Waals surface area contributed by atoms with Gasteiger partial charge in [0.1, 0.15) is 0 Å². The molecule has 2 saturated heterocycles. The molecule has 0 saturated carbocycles. The number of hydrogen-bond donors (Lipinski definition) is 0. The van der Waals surface area contributed by atoms with Gasteiger partial charge in [-0.2, -0.15) is 4.76 Å². The fraction of sp³-hybridized carbons (Fsp3) is 0.947. The Hall–Kier alpha value is -0.620. The highest BCUT2D eigenvalue weighted by atomic mass is 31.2. The molecule has 2 fully saturated rings. The minimum Gasteiger partial charge on any atom is -0.373 e. The molecule has 0 bridgehead atoms. The monoisotopic (exact) mass is 402 g/mol. The number of hydrogen-bond acceptors (Lipinski definition) is 3. The predicted octanol–water partition coefficient (Wildman–Crippen LogP) is 3.67. The Kier molecular flexibility index (Phi) is 6.73. The smallest absolute Gasteiger partial charge is 0.373 e. The molecule has 0 N–H and O–H groups in total. The number of nitrogens with zero attached hydrogens (tertiary/aromatic N) is 4. The van der Waals surface area contributed by atoms with Crippen LogP contribution in [0.5, 0.6) is 0 Å². The summed E-state index contributed by atoms with van der Waals surface area (Å²) in [4.78, 5) is 4.07. The van der Waals surface area contributed by atoms with E-state index in [1.165, 1.54) is 0 Å². The summed E-state index contributed by atoms with van der Waals surface area (Å²) in [5, 5.41) is 0. The Morgan fingerprint density at radius 2 is 1.67 bits per heavy atom. The van der Waals surface area contributed by atoms with E-state index < -0.39 is 13.3 Å². The minimum atomic E-state index is -3.42. The summed E-state index contributed by atoms with van der Waals surface area (Å²) >= 11 is 0. The molecule has 1 unspecified atom stereocenters. The summed E-state index contributed by atoms with van der Waals surface area (Å²) in [6.45, 7) is 17.3. The number of guanidine groups is 1. The average molecular weight is 403 g/mol. The van der Waals surface area contributed by atoms with Crippen molar-refractivity contribution in [3.05, 3.63) is 0 Å². The summed E-state index contributed by atoms with van der Waals surface area (Å²) in [6, 6.07) is 0. The molecule has 27 heavy (non-hydrogen) atoms. The molecule has 7 nitrogen and oxygen atoms in total. The van der Waals surface area contributed by atoms with E-state index in [4.69, 9.17) is 14.0 Å². The summed E-state index contributed by atoms with van der Waals surface area (Å²) in [5.41, 5.74) is -0.420. The second kappa shape index (κ2) is 8.02. The van der Waals surface area contributed by atoms with Gasteiger partial charge in [-0.3, -0.25) is 4.52 Å². The van der Waals surface area contributed by atoms with Crippen LogP contribution in [0.25, 0.3) is 0 Å². The zero-order valence-corrected chi connectivity index (χ0v) is 19.5. The molecule has 2 aliphatic rings. The zero-order valence-electron chi connectivity index (χ0n) is 18.7. The van der Waals surface area contributed by atoms with E-state index in [1.54, 1.807) is 0 Å². The summed E-state index contributed by atoms with van der Waals surface area (Å²) < 4.78 is 33.0. The first-order chi connectivity index (χ1) is 12.2. The Morgan fingerprint density at radius 1 is 1.11 bits per heavy atom. The lowest BCUT2D eigenvalue weighted by atomic mass is 9.89. The molecule has 0 aromatic rings. The molecule has 0 aromatic carbocycles. The first-order valence-corrected chi connectivity index (χ1v) is 11.5. The van der Waals surface area contributed by atoms with Crippen molar-refractivity contribution >= 4 is 13.6 Å². The van der Waals surface area contributed by atoms with E-state index in [0.29, 0.717) is 13.1 Å². The molecular weight excluding hydrogens is 363 g/mol. The quantitative estimate of drug-likeness (QED) is 0.669. The van der Waals surface area contributed by atoms with E-state index in [2.05, 4.69) is 20.8 Å². The molecule has 0 amide bonds. The normalized spacial score (nSPS) is 27.8. The van der Waals surface area contributed by atoms with Crippen LogP contribution in [0.1, 0.15) is 54.9 Å². The fourth-order valence-electron chi connectivity index (χ4n) is 3.58. The van der Waals surface area contributed by atoms with E-state index >= 15 is 0 Å². The zero-order chi connectivity index (χ0) is 20.6. The lowest BCUT2D eigenvalue weighted by Gasteiger charge is -2.42.